The second-order valence-electron chi connectivity index (χ2n) is 8.08. The molecular formula is C26H29N3O5. The van der Waals surface area contributed by atoms with E-state index in [-0.39, 0.29) is 11.3 Å². The number of likely N-dealkylation sites (tertiary alicyclic amines) is 1. The molecule has 0 radical (unpaired) electrons. The fourth-order valence-electron chi connectivity index (χ4n) is 4.17. The number of carbonyl (C=O) groups excluding carboxylic acids is 2. The first-order valence-electron chi connectivity index (χ1n) is 11.4. The third kappa shape index (κ3) is 5.12. The smallest absolute Gasteiger partial charge is 0.357 e. The predicted octanol–water partition coefficient (Wildman–Crippen LogP) is 3.98. The summed E-state index contributed by atoms with van der Waals surface area (Å²) in [6, 6.07) is 16.5. The van der Waals surface area contributed by atoms with Crippen molar-refractivity contribution in [2.24, 2.45) is 0 Å². The van der Waals surface area contributed by atoms with Crippen molar-refractivity contribution in [1.29, 1.82) is 0 Å². The van der Waals surface area contributed by atoms with E-state index in [1.165, 1.54) is 38.2 Å². The van der Waals surface area contributed by atoms with Crippen molar-refractivity contribution in [3.8, 4) is 22.7 Å². The molecule has 1 aliphatic heterocycles. The van der Waals surface area contributed by atoms with Crippen LogP contribution in [-0.2, 0) is 9.47 Å². The number of nitrogens with zero attached hydrogens (tertiary/aromatic N) is 3. The SMILES string of the molecule is COC(=O)c1c(-c2cccc(OCCN3CCCCC3)c2)nn(-c2ccccc2)c1C(=O)OC. The number of hydrogen-bond donors (Lipinski definition) is 0. The number of aromatic nitrogens is 2. The molecule has 34 heavy (non-hydrogen) atoms. The molecule has 0 amide bonds. The fraction of sp³-hybridized carbons (Fsp3) is 0.346. The monoisotopic (exact) mass is 463 g/mol. The van der Waals surface area contributed by atoms with Crippen LogP contribution in [0.2, 0.25) is 0 Å². The molecule has 0 aliphatic carbocycles. The number of carbonyl (C=O) groups is 2. The molecule has 0 atom stereocenters. The summed E-state index contributed by atoms with van der Waals surface area (Å²) in [5.74, 6) is -0.690. The highest BCUT2D eigenvalue weighted by molar-refractivity contribution is 6.06. The van der Waals surface area contributed by atoms with Crippen molar-refractivity contribution >= 4 is 11.9 Å². The number of ether oxygens (including phenoxy) is 3. The summed E-state index contributed by atoms with van der Waals surface area (Å²) in [6.45, 7) is 3.66. The molecule has 3 aromatic rings. The third-order valence-corrected chi connectivity index (χ3v) is 5.89. The maximum Gasteiger partial charge on any atom is 0.357 e. The Balaban J connectivity index is 1.69. The molecule has 1 saturated heterocycles. The Morgan fingerprint density at radius 2 is 1.65 bits per heavy atom. The Labute approximate surface area is 199 Å². The van der Waals surface area contributed by atoms with Crippen LogP contribution in [-0.4, -0.2) is 67.1 Å². The van der Waals surface area contributed by atoms with Gasteiger partial charge in [0, 0.05) is 12.1 Å². The molecule has 8 nitrogen and oxygen atoms in total. The van der Waals surface area contributed by atoms with Gasteiger partial charge in [-0.25, -0.2) is 14.3 Å². The van der Waals surface area contributed by atoms with E-state index in [0.29, 0.717) is 29.3 Å². The molecule has 1 fully saturated rings. The highest BCUT2D eigenvalue weighted by atomic mass is 16.5. The summed E-state index contributed by atoms with van der Waals surface area (Å²) in [5.41, 5.74) is 1.62. The minimum atomic E-state index is -0.683. The number of esters is 2. The number of hydrogen-bond acceptors (Lipinski definition) is 7. The molecule has 0 unspecified atom stereocenters. The fourth-order valence-corrected chi connectivity index (χ4v) is 4.17. The molecular weight excluding hydrogens is 434 g/mol. The Kier molecular flexibility index (Phi) is 7.59. The average Bonchev–Trinajstić information content (AvgIpc) is 3.30. The van der Waals surface area contributed by atoms with Crippen molar-refractivity contribution in [1.82, 2.24) is 14.7 Å². The molecule has 0 spiro atoms. The summed E-state index contributed by atoms with van der Waals surface area (Å²) in [4.78, 5) is 27.9. The van der Waals surface area contributed by atoms with Crippen molar-refractivity contribution in [2.45, 2.75) is 19.3 Å². The molecule has 178 valence electrons. The maximum atomic E-state index is 12.8. The minimum absolute atomic E-state index is 0.00645. The van der Waals surface area contributed by atoms with Crippen LogP contribution in [0.1, 0.15) is 40.1 Å². The van der Waals surface area contributed by atoms with E-state index in [9.17, 15) is 9.59 Å². The Morgan fingerprint density at radius 1 is 0.912 bits per heavy atom. The molecule has 0 saturated carbocycles. The van der Waals surface area contributed by atoms with Gasteiger partial charge in [0.25, 0.3) is 0 Å². The van der Waals surface area contributed by atoms with E-state index in [1.54, 1.807) is 12.1 Å². The van der Waals surface area contributed by atoms with Crippen molar-refractivity contribution in [3.63, 3.8) is 0 Å². The minimum Gasteiger partial charge on any atom is -0.492 e. The van der Waals surface area contributed by atoms with E-state index >= 15 is 0 Å². The van der Waals surface area contributed by atoms with Gasteiger partial charge in [-0.05, 0) is 50.2 Å². The first-order valence-corrected chi connectivity index (χ1v) is 11.4. The predicted molar refractivity (Wildman–Crippen MR) is 127 cm³/mol. The summed E-state index contributed by atoms with van der Waals surface area (Å²) in [5, 5.41) is 4.63. The first kappa shape index (κ1) is 23.5. The first-order chi connectivity index (χ1) is 16.6. The molecule has 2 aromatic carbocycles. The van der Waals surface area contributed by atoms with Crippen LogP contribution in [0.15, 0.2) is 54.6 Å². The zero-order valence-electron chi connectivity index (χ0n) is 19.5. The lowest BCUT2D eigenvalue weighted by molar-refractivity contribution is 0.0549. The summed E-state index contributed by atoms with van der Waals surface area (Å²) in [7, 11) is 2.54. The van der Waals surface area contributed by atoms with E-state index < -0.39 is 11.9 Å². The molecule has 4 rings (SSSR count). The van der Waals surface area contributed by atoms with Gasteiger partial charge in [-0.1, -0.05) is 36.8 Å². The van der Waals surface area contributed by atoms with Gasteiger partial charge < -0.3 is 14.2 Å². The lowest BCUT2D eigenvalue weighted by Crippen LogP contribution is -2.33. The largest absolute Gasteiger partial charge is 0.492 e. The standard InChI is InChI=1S/C26H29N3O5/c1-32-25(30)22-23(27-29(24(22)26(31)33-2)20-11-5-3-6-12-20)19-10-9-13-21(18-19)34-17-16-28-14-7-4-8-15-28/h3,5-6,9-13,18H,4,7-8,14-17H2,1-2H3. The number of rotatable bonds is 8. The number of methoxy groups -OCH3 is 2. The number of piperidine rings is 1. The molecule has 8 heteroatoms. The second kappa shape index (κ2) is 11.0. The average molecular weight is 464 g/mol. The Hall–Kier alpha value is -3.65. The second-order valence-corrected chi connectivity index (χ2v) is 8.08. The van der Waals surface area contributed by atoms with Crippen LogP contribution in [0.5, 0.6) is 5.75 Å². The van der Waals surface area contributed by atoms with Crippen LogP contribution in [0.4, 0.5) is 0 Å². The van der Waals surface area contributed by atoms with Gasteiger partial charge in [0.15, 0.2) is 5.69 Å². The van der Waals surface area contributed by atoms with Gasteiger partial charge >= 0.3 is 11.9 Å². The van der Waals surface area contributed by atoms with E-state index in [4.69, 9.17) is 14.2 Å². The summed E-state index contributed by atoms with van der Waals surface area (Å²) in [6.07, 6.45) is 3.77. The molecule has 0 bridgehead atoms. The van der Waals surface area contributed by atoms with Gasteiger partial charge in [-0.15, -0.1) is 0 Å². The van der Waals surface area contributed by atoms with Crippen LogP contribution in [0.25, 0.3) is 16.9 Å². The van der Waals surface area contributed by atoms with E-state index in [0.717, 1.165) is 19.6 Å². The quantitative estimate of drug-likeness (QED) is 0.467. The van der Waals surface area contributed by atoms with Crippen LogP contribution in [0.3, 0.4) is 0 Å². The van der Waals surface area contributed by atoms with Gasteiger partial charge in [0.1, 0.15) is 23.6 Å². The molecule has 1 aliphatic rings. The highest BCUT2D eigenvalue weighted by Crippen LogP contribution is 2.31. The van der Waals surface area contributed by atoms with Gasteiger partial charge in [-0.2, -0.15) is 5.10 Å². The van der Waals surface area contributed by atoms with Gasteiger partial charge in [0.2, 0.25) is 0 Å². The normalized spacial score (nSPS) is 13.9. The molecule has 0 N–H and O–H groups in total. The molecule has 1 aromatic heterocycles. The highest BCUT2D eigenvalue weighted by Gasteiger charge is 2.31. The third-order valence-electron chi connectivity index (χ3n) is 5.89. The van der Waals surface area contributed by atoms with Crippen molar-refractivity contribution in [2.75, 3.05) is 40.5 Å². The van der Waals surface area contributed by atoms with Crippen LogP contribution < -0.4 is 4.74 Å². The number of para-hydroxylation sites is 1. The van der Waals surface area contributed by atoms with Crippen LogP contribution >= 0.6 is 0 Å². The summed E-state index contributed by atoms with van der Waals surface area (Å²) >= 11 is 0. The lowest BCUT2D eigenvalue weighted by Gasteiger charge is -2.26. The van der Waals surface area contributed by atoms with Crippen molar-refractivity contribution < 1.29 is 23.8 Å². The lowest BCUT2D eigenvalue weighted by atomic mass is 10.1. The van der Waals surface area contributed by atoms with E-state index in [1.807, 2.05) is 42.5 Å². The Bertz CT molecular complexity index is 1140. The van der Waals surface area contributed by atoms with E-state index in [2.05, 4.69) is 10.00 Å². The topological polar surface area (TPSA) is 82.9 Å². The van der Waals surface area contributed by atoms with Gasteiger partial charge in [-0.3, -0.25) is 4.90 Å². The van der Waals surface area contributed by atoms with Crippen molar-refractivity contribution in [3.05, 3.63) is 65.9 Å². The zero-order valence-corrected chi connectivity index (χ0v) is 19.5. The molecule has 2 heterocycles. The van der Waals surface area contributed by atoms with Crippen LogP contribution in [0, 0.1) is 0 Å². The number of benzene rings is 2. The van der Waals surface area contributed by atoms with Gasteiger partial charge in [0.05, 0.1) is 19.9 Å². The zero-order chi connectivity index (χ0) is 23.9. The Morgan fingerprint density at radius 3 is 2.35 bits per heavy atom. The maximum absolute atomic E-state index is 12.8. The summed E-state index contributed by atoms with van der Waals surface area (Å²) < 4.78 is 17.4.